The highest BCUT2D eigenvalue weighted by Gasteiger charge is 2.15. The first-order chi connectivity index (χ1) is 9.76. The van der Waals surface area contributed by atoms with Crippen LogP contribution in [0.2, 0.25) is 0 Å². The Morgan fingerprint density at radius 1 is 1.25 bits per heavy atom. The van der Waals surface area contributed by atoms with Crippen molar-refractivity contribution >= 4 is 22.4 Å². The number of aryl methyl sites for hydroxylation is 1. The minimum absolute atomic E-state index is 0.0855. The van der Waals surface area contributed by atoms with Crippen LogP contribution in [0.1, 0.15) is 22.4 Å². The zero-order valence-corrected chi connectivity index (χ0v) is 11.9. The summed E-state index contributed by atoms with van der Waals surface area (Å²) in [7, 11) is 0. The molecule has 6 heteroatoms. The number of rotatable bonds is 4. The van der Waals surface area contributed by atoms with Crippen LogP contribution < -0.4 is 11.3 Å². The van der Waals surface area contributed by atoms with Gasteiger partial charge >= 0.3 is 0 Å². The Bertz CT molecular complexity index is 724. The summed E-state index contributed by atoms with van der Waals surface area (Å²) in [5.74, 6) is 5.66. The van der Waals surface area contributed by atoms with Crippen LogP contribution in [0, 0.1) is 6.92 Å². The SMILES string of the molecule is Cc1csc(CC(NN)c2cnc3ccccc3n2)n1. The summed E-state index contributed by atoms with van der Waals surface area (Å²) in [6.45, 7) is 1.99. The summed E-state index contributed by atoms with van der Waals surface area (Å²) in [6, 6.07) is 7.72. The normalized spacial score (nSPS) is 12.7. The van der Waals surface area contributed by atoms with E-state index in [-0.39, 0.29) is 6.04 Å². The molecule has 3 aromatic rings. The Morgan fingerprint density at radius 2 is 2.05 bits per heavy atom. The van der Waals surface area contributed by atoms with Gasteiger partial charge in [0.05, 0.1) is 34.0 Å². The van der Waals surface area contributed by atoms with Crippen LogP contribution in [0.3, 0.4) is 0 Å². The average Bonchev–Trinajstić information content (AvgIpc) is 2.89. The molecule has 5 nitrogen and oxygen atoms in total. The van der Waals surface area contributed by atoms with Crippen LogP contribution in [0.25, 0.3) is 11.0 Å². The summed E-state index contributed by atoms with van der Waals surface area (Å²) >= 11 is 1.64. The maximum absolute atomic E-state index is 5.66. The van der Waals surface area contributed by atoms with Crippen molar-refractivity contribution in [2.24, 2.45) is 5.84 Å². The fourth-order valence-electron chi connectivity index (χ4n) is 2.06. The number of aromatic nitrogens is 3. The zero-order valence-electron chi connectivity index (χ0n) is 11.1. The highest BCUT2D eigenvalue weighted by atomic mass is 32.1. The second kappa shape index (κ2) is 5.62. The molecule has 0 aliphatic heterocycles. The predicted molar refractivity (Wildman–Crippen MR) is 80.2 cm³/mol. The van der Waals surface area contributed by atoms with Gasteiger partial charge in [-0.25, -0.2) is 9.97 Å². The summed E-state index contributed by atoms with van der Waals surface area (Å²) in [4.78, 5) is 13.5. The zero-order chi connectivity index (χ0) is 13.9. The van der Waals surface area contributed by atoms with E-state index < -0.39 is 0 Å². The second-order valence-electron chi connectivity index (χ2n) is 4.59. The van der Waals surface area contributed by atoms with Gasteiger partial charge in [-0.3, -0.25) is 16.3 Å². The fourth-order valence-corrected chi connectivity index (χ4v) is 2.88. The number of nitrogens with two attached hydrogens (primary N) is 1. The van der Waals surface area contributed by atoms with Crippen molar-refractivity contribution in [3.8, 4) is 0 Å². The Hall–Kier alpha value is -1.89. The van der Waals surface area contributed by atoms with Gasteiger partial charge in [0.2, 0.25) is 0 Å². The number of hydrogen-bond donors (Lipinski definition) is 2. The third-order valence-electron chi connectivity index (χ3n) is 3.07. The van der Waals surface area contributed by atoms with Gasteiger partial charge in [-0.15, -0.1) is 11.3 Å². The summed E-state index contributed by atoms with van der Waals surface area (Å²) < 4.78 is 0. The molecule has 1 atom stereocenters. The molecule has 0 fully saturated rings. The molecule has 0 saturated carbocycles. The van der Waals surface area contributed by atoms with E-state index in [1.54, 1.807) is 17.5 Å². The monoisotopic (exact) mass is 285 g/mol. The van der Waals surface area contributed by atoms with E-state index in [9.17, 15) is 0 Å². The molecule has 1 unspecified atom stereocenters. The minimum Gasteiger partial charge on any atom is -0.271 e. The van der Waals surface area contributed by atoms with Crippen molar-refractivity contribution in [3.63, 3.8) is 0 Å². The van der Waals surface area contributed by atoms with Crippen LogP contribution in [0.5, 0.6) is 0 Å². The standard InChI is InChI=1S/C14H15N5S/c1-9-8-20-14(17-9)6-12(19-15)13-7-16-10-4-2-3-5-11(10)18-13/h2-5,7-8,12,19H,6,15H2,1H3. The Morgan fingerprint density at radius 3 is 2.75 bits per heavy atom. The number of thiazole rings is 1. The van der Waals surface area contributed by atoms with E-state index in [0.29, 0.717) is 6.42 Å². The molecule has 0 amide bonds. The van der Waals surface area contributed by atoms with Gasteiger partial charge in [-0.05, 0) is 19.1 Å². The van der Waals surface area contributed by atoms with Gasteiger partial charge in [-0.2, -0.15) is 0 Å². The molecule has 2 heterocycles. The number of hydrazine groups is 1. The predicted octanol–water partition coefficient (Wildman–Crippen LogP) is 2.14. The highest BCUT2D eigenvalue weighted by molar-refractivity contribution is 7.09. The van der Waals surface area contributed by atoms with E-state index >= 15 is 0 Å². The van der Waals surface area contributed by atoms with Crippen LogP contribution >= 0.6 is 11.3 Å². The lowest BCUT2D eigenvalue weighted by Crippen LogP contribution is -2.30. The molecule has 20 heavy (non-hydrogen) atoms. The third-order valence-corrected chi connectivity index (χ3v) is 4.06. The molecular weight excluding hydrogens is 270 g/mol. The number of hydrogen-bond acceptors (Lipinski definition) is 6. The molecule has 3 N–H and O–H groups in total. The van der Waals surface area contributed by atoms with Crippen LogP contribution in [-0.4, -0.2) is 15.0 Å². The van der Waals surface area contributed by atoms with E-state index in [0.717, 1.165) is 27.4 Å². The van der Waals surface area contributed by atoms with Crippen LogP contribution in [0.15, 0.2) is 35.8 Å². The lowest BCUT2D eigenvalue weighted by atomic mass is 10.1. The van der Waals surface area contributed by atoms with Gasteiger partial charge in [-0.1, -0.05) is 12.1 Å². The van der Waals surface area contributed by atoms with Crippen molar-refractivity contribution in [2.75, 3.05) is 0 Å². The topological polar surface area (TPSA) is 76.7 Å². The van der Waals surface area contributed by atoms with Crippen molar-refractivity contribution < 1.29 is 0 Å². The van der Waals surface area contributed by atoms with Crippen LogP contribution in [-0.2, 0) is 6.42 Å². The Labute approximate surface area is 120 Å². The molecule has 3 rings (SSSR count). The van der Waals surface area contributed by atoms with Crippen molar-refractivity contribution in [3.05, 3.63) is 52.2 Å². The van der Waals surface area contributed by atoms with Gasteiger partial charge in [0, 0.05) is 17.5 Å². The first-order valence-corrected chi connectivity index (χ1v) is 7.23. The molecule has 0 aliphatic carbocycles. The Kier molecular flexibility index (Phi) is 3.68. The molecule has 1 aromatic carbocycles. The van der Waals surface area contributed by atoms with Crippen LogP contribution in [0.4, 0.5) is 0 Å². The number of nitrogens with one attached hydrogen (secondary N) is 1. The molecular formula is C14H15N5S. The molecule has 0 radical (unpaired) electrons. The maximum Gasteiger partial charge on any atom is 0.0948 e. The van der Waals surface area contributed by atoms with Gasteiger partial charge in [0.25, 0.3) is 0 Å². The van der Waals surface area contributed by atoms with Crippen molar-refractivity contribution in [1.29, 1.82) is 0 Å². The summed E-state index contributed by atoms with van der Waals surface area (Å²) in [6.07, 6.45) is 2.48. The maximum atomic E-state index is 5.66. The van der Waals surface area contributed by atoms with Crippen molar-refractivity contribution in [2.45, 2.75) is 19.4 Å². The number of benzene rings is 1. The highest BCUT2D eigenvalue weighted by Crippen LogP contribution is 2.20. The second-order valence-corrected chi connectivity index (χ2v) is 5.53. The number of para-hydroxylation sites is 2. The lowest BCUT2D eigenvalue weighted by molar-refractivity contribution is 0.537. The van der Waals surface area contributed by atoms with Crippen molar-refractivity contribution in [1.82, 2.24) is 20.4 Å². The van der Waals surface area contributed by atoms with E-state index in [4.69, 9.17) is 5.84 Å². The first kappa shape index (κ1) is 13.1. The van der Waals surface area contributed by atoms with Gasteiger partial charge in [0.15, 0.2) is 0 Å². The van der Waals surface area contributed by atoms with E-state index in [2.05, 4.69) is 20.4 Å². The first-order valence-electron chi connectivity index (χ1n) is 6.35. The third kappa shape index (κ3) is 2.67. The fraction of sp³-hybridized carbons (Fsp3) is 0.214. The van der Waals surface area contributed by atoms with Gasteiger partial charge < -0.3 is 0 Å². The van der Waals surface area contributed by atoms with Gasteiger partial charge in [0.1, 0.15) is 0 Å². The molecule has 0 aliphatic rings. The molecule has 0 spiro atoms. The smallest absolute Gasteiger partial charge is 0.0948 e. The summed E-state index contributed by atoms with van der Waals surface area (Å²) in [5, 5.41) is 3.08. The molecule has 0 bridgehead atoms. The lowest BCUT2D eigenvalue weighted by Gasteiger charge is -2.14. The van der Waals surface area contributed by atoms with E-state index in [1.165, 1.54) is 0 Å². The van der Waals surface area contributed by atoms with E-state index in [1.807, 2.05) is 36.6 Å². The largest absolute Gasteiger partial charge is 0.271 e. The number of nitrogens with zero attached hydrogens (tertiary/aromatic N) is 3. The average molecular weight is 285 g/mol. The molecule has 0 saturated heterocycles. The molecule has 102 valence electrons. The summed E-state index contributed by atoms with van der Waals surface area (Å²) in [5.41, 5.74) is 6.43. The quantitative estimate of drug-likeness (QED) is 0.567. The number of fused-ring (bicyclic) bond motifs is 1. The minimum atomic E-state index is -0.0855. The molecule has 2 aromatic heterocycles. The Balaban J connectivity index is 1.90.